The molecule has 0 bridgehead atoms. The number of para-hydroxylation sites is 1. The molecule has 49 heavy (non-hydrogen) atoms. The van der Waals surface area contributed by atoms with Crippen molar-refractivity contribution in [3.05, 3.63) is 162 Å². The van der Waals surface area contributed by atoms with Gasteiger partial charge < -0.3 is 4.57 Å². The Kier molecular flexibility index (Phi) is 7.09. The number of aromatic nitrogens is 1. The van der Waals surface area contributed by atoms with Gasteiger partial charge in [-0.3, -0.25) is 0 Å². The van der Waals surface area contributed by atoms with E-state index in [0.717, 1.165) is 19.4 Å². The van der Waals surface area contributed by atoms with Gasteiger partial charge in [-0.1, -0.05) is 139 Å². The quantitative estimate of drug-likeness (QED) is 0.178. The third-order valence-corrected chi connectivity index (χ3v) is 10.5. The van der Waals surface area contributed by atoms with Crippen LogP contribution in [-0.2, 0) is 13.0 Å². The number of hydrogen-bond acceptors (Lipinski definition) is 0. The number of nitrogens with zero attached hydrogens (tertiary/aromatic N) is 1. The molecule has 0 saturated carbocycles. The third-order valence-electron chi connectivity index (χ3n) is 10.5. The average molecular weight is 630 g/mol. The van der Waals surface area contributed by atoms with Crippen LogP contribution in [0.4, 0.5) is 0 Å². The summed E-state index contributed by atoms with van der Waals surface area (Å²) in [6, 6.07) is 50.1. The Labute approximate surface area is 288 Å². The van der Waals surface area contributed by atoms with Crippen molar-refractivity contribution < 1.29 is 0 Å². The summed E-state index contributed by atoms with van der Waals surface area (Å²) in [5, 5.41) is 5.28. The largest absolute Gasteiger partial charge is 0.341 e. The van der Waals surface area contributed by atoms with Crippen molar-refractivity contribution in [1.82, 2.24) is 4.57 Å². The first-order valence-electron chi connectivity index (χ1n) is 17.6. The Bertz CT molecular complexity index is 2560. The van der Waals surface area contributed by atoms with Gasteiger partial charge in [0.25, 0.3) is 0 Å². The number of allylic oxidation sites excluding steroid dienone is 1. The Morgan fingerprint density at radius 1 is 0.490 bits per heavy atom. The van der Waals surface area contributed by atoms with Crippen LogP contribution in [0.25, 0.3) is 83.2 Å². The minimum absolute atomic E-state index is 0.961. The number of fused-ring (bicyclic) bond motifs is 5. The second-order valence-electron chi connectivity index (χ2n) is 13.7. The van der Waals surface area contributed by atoms with E-state index in [0.29, 0.717) is 0 Å². The van der Waals surface area contributed by atoms with Crippen molar-refractivity contribution in [1.29, 1.82) is 0 Å². The monoisotopic (exact) mass is 629 g/mol. The lowest BCUT2D eigenvalue weighted by atomic mass is 9.80. The molecule has 1 aromatic heterocycles. The number of aryl methyl sites for hydroxylation is 3. The lowest BCUT2D eigenvalue weighted by Crippen LogP contribution is -2.02. The summed E-state index contributed by atoms with van der Waals surface area (Å²) >= 11 is 0. The summed E-state index contributed by atoms with van der Waals surface area (Å²) in [6.45, 7) is 7.54. The van der Waals surface area contributed by atoms with Crippen molar-refractivity contribution in [2.45, 2.75) is 40.2 Å². The molecule has 1 aliphatic rings. The van der Waals surface area contributed by atoms with Crippen molar-refractivity contribution in [2.24, 2.45) is 0 Å². The average Bonchev–Trinajstić information content (AvgIpc) is 3.46. The van der Waals surface area contributed by atoms with Crippen LogP contribution in [0.2, 0.25) is 0 Å². The molecule has 1 nitrogen and oxygen atoms in total. The van der Waals surface area contributed by atoms with E-state index in [1.165, 1.54) is 99.3 Å². The maximum absolute atomic E-state index is 2.42. The van der Waals surface area contributed by atoms with Gasteiger partial charge in [0.05, 0.1) is 0 Å². The van der Waals surface area contributed by atoms with Gasteiger partial charge in [-0.2, -0.15) is 0 Å². The Morgan fingerprint density at radius 3 is 1.73 bits per heavy atom. The molecule has 7 aromatic carbocycles. The fourth-order valence-electron chi connectivity index (χ4n) is 8.40. The summed E-state index contributed by atoms with van der Waals surface area (Å²) in [6.07, 6.45) is 6.83. The Morgan fingerprint density at radius 2 is 1.04 bits per heavy atom. The highest BCUT2D eigenvalue weighted by molar-refractivity contribution is 6.11. The zero-order valence-corrected chi connectivity index (χ0v) is 28.4. The highest BCUT2D eigenvalue weighted by Crippen LogP contribution is 2.45. The summed E-state index contributed by atoms with van der Waals surface area (Å²) in [7, 11) is 0. The lowest BCUT2D eigenvalue weighted by Gasteiger charge is -2.24. The number of hydrogen-bond donors (Lipinski definition) is 0. The van der Waals surface area contributed by atoms with E-state index in [-0.39, 0.29) is 0 Å². The fraction of sp³-hybridized carbons (Fsp3) is 0.125. The normalized spacial score (nSPS) is 12.6. The topological polar surface area (TPSA) is 4.93 Å². The van der Waals surface area contributed by atoms with Gasteiger partial charge in [0.1, 0.15) is 0 Å². The van der Waals surface area contributed by atoms with Gasteiger partial charge in [0.2, 0.25) is 0 Å². The Balaban J connectivity index is 1.15. The molecule has 0 unspecified atom stereocenters. The molecule has 0 atom stereocenters. The molecule has 236 valence electrons. The predicted molar refractivity (Wildman–Crippen MR) is 211 cm³/mol. The van der Waals surface area contributed by atoms with Crippen LogP contribution in [0.5, 0.6) is 0 Å². The van der Waals surface area contributed by atoms with Gasteiger partial charge in [-0.25, -0.2) is 0 Å². The van der Waals surface area contributed by atoms with Crippen molar-refractivity contribution in [2.75, 3.05) is 0 Å². The van der Waals surface area contributed by atoms with Crippen LogP contribution in [0.3, 0.4) is 0 Å². The standard InChI is InChI=1S/C48H39N/c1-4-49-45-16-10-9-11-39(45)44-30-37(25-26-46(44)49)33-17-21-35(22-18-33)47-40-12-5-7-14-42(40)48(43-15-8-6-13-41(43)47)36-23-19-34(20-24-36)38-28-31(2)27-32(3)29-38/h5,7-12,14-30H,4,6,13H2,1-3H3. The molecule has 8 aromatic rings. The maximum Gasteiger partial charge on any atom is 0.0491 e. The number of rotatable bonds is 5. The van der Waals surface area contributed by atoms with Crippen LogP contribution < -0.4 is 0 Å². The summed E-state index contributed by atoms with van der Waals surface area (Å²) in [4.78, 5) is 0. The van der Waals surface area contributed by atoms with E-state index in [4.69, 9.17) is 0 Å². The first-order chi connectivity index (χ1) is 24.1. The van der Waals surface area contributed by atoms with E-state index in [9.17, 15) is 0 Å². The molecule has 0 saturated heterocycles. The van der Waals surface area contributed by atoms with E-state index >= 15 is 0 Å². The molecule has 0 N–H and O–H groups in total. The third kappa shape index (κ3) is 4.92. The summed E-state index contributed by atoms with van der Waals surface area (Å²) in [5.41, 5.74) is 18.3. The second kappa shape index (κ2) is 11.8. The smallest absolute Gasteiger partial charge is 0.0491 e. The summed E-state index contributed by atoms with van der Waals surface area (Å²) < 4.78 is 2.42. The van der Waals surface area contributed by atoms with Gasteiger partial charge in [-0.15, -0.1) is 0 Å². The van der Waals surface area contributed by atoms with Gasteiger partial charge >= 0.3 is 0 Å². The molecule has 0 aliphatic heterocycles. The lowest BCUT2D eigenvalue weighted by molar-refractivity contribution is 0.827. The fourth-order valence-corrected chi connectivity index (χ4v) is 8.40. The molecule has 1 heterocycles. The van der Waals surface area contributed by atoms with Crippen molar-refractivity contribution >= 4 is 38.7 Å². The van der Waals surface area contributed by atoms with Gasteiger partial charge in [0, 0.05) is 28.4 Å². The van der Waals surface area contributed by atoms with Gasteiger partial charge in [-0.05, 0) is 118 Å². The van der Waals surface area contributed by atoms with Crippen molar-refractivity contribution in [3.63, 3.8) is 0 Å². The van der Waals surface area contributed by atoms with E-state index in [2.05, 4.69) is 171 Å². The highest BCUT2D eigenvalue weighted by atomic mass is 15.0. The first-order valence-corrected chi connectivity index (χ1v) is 17.6. The molecule has 0 fully saturated rings. The SMILES string of the molecule is CCn1c2ccccc2c2cc(-c3ccc(-c4c5c(c(-c6ccc(-c7cc(C)cc(C)c7)cc6)c6ccccc46)C=CCC5)cc3)ccc21. The van der Waals surface area contributed by atoms with Crippen LogP contribution in [0, 0.1) is 13.8 Å². The van der Waals surface area contributed by atoms with Gasteiger partial charge in [0.15, 0.2) is 0 Å². The van der Waals surface area contributed by atoms with Crippen LogP contribution >= 0.6 is 0 Å². The first kappa shape index (κ1) is 29.5. The predicted octanol–water partition coefficient (Wildman–Crippen LogP) is 13.2. The minimum Gasteiger partial charge on any atom is -0.341 e. The van der Waals surface area contributed by atoms with E-state index in [1.807, 2.05) is 0 Å². The molecule has 0 amide bonds. The van der Waals surface area contributed by atoms with Crippen molar-refractivity contribution in [3.8, 4) is 44.5 Å². The summed E-state index contributed by atoms with van der Waals surface area (Å²) in [5.74, 6) is 0. The molecule has 0 spiro atoms. The van der Waals surface area contributed by atoms with E-state index in [1.54, 1.807) is 0 Å². The number of benzene rings is 7. The molecule has 1 aliphatic carbocycles. The highest BCUT2D eigenvalue weighted by Gasteiger charge is 2.22. The maximum atomic E-state index is 2.42. The van der Waals surface area contributed by atoms with Crippen LogP contribution in [0.1, 0.15) is 35.6 Å². The minimum atomic E-state index is 0.961. The van der Waals surface area contributed by atoms with Crippen LogP contribution in [0.15, 0.2) is 140 Å². The zero-order valence-electron chi connectivity index (χ0n) is 28.4. The van der Waals surface area contributed by atoms with E-state index < -0.39 is 0 Å². The molecule has 9 rings (SSSR count). The molecular formula is C48H39N. The Hall–Kier alpha value is -5.66. The zero-order chi connectivity index (χ0) is 33.1. The molecular weight excluding hydrogens is 591 g/mol. The second-order valence-corrected chi connectivity index (χ2v) is 13.7. The molecule has 1 heteroatoms. The molecule has 0 radical (unpaired) electrons. The van der Waals surface area contributed by atoms with Crippen LogP contribution in [-0.4, -0.2) is 4.57 Å².